The normalized spacial score (nSPS) is 11.4. The molecule has 3 N–H and O–H groups in total. The van der Waals surface area contributed by atoms with Gasteiger partial charge in [-0.25, -0.2) is 9.86 Å². The molecule has 17 heavy (non-hydrogen) atoms. The lowest BCUT2D eigenvalue weighted by molar-refractivity contribution is -0.384. The van der Waals surface area contributed by atoms with Crippen molar-refractivity contribution < 1.29 is 13.3 Å². The summed E-state index contributed by atoms with van der Waals surface area (Å²) < 4.78 is 23.3. The fraction of sp³-hybridized carbons (Fsp3) is 0.333. The summed E-state index contributed by atoms with van der Waals surface area (Å²) in [5.74, 6) is 0. The molecule has 0 saturated heterocycles. The van der Waals surface area contributed by atoms with Crippen molar-refractivity contribution in [2.75, 3.05) is 6.54 Å². The van der Waals surface area contributed by atoms with Gasteiger partial charge in [0.05, 0.1) is 4.92 Å². The predicted octanol–water partition coefficient (Wildman–Crippen LogP) is 0.321. The van der Waals surface area contributed by atoms with E-state index in [1.54, 1.807) is 12.1 Å². The Kier molecular flexibility index (Phi) is 4.55. The molecule has 0 saturated carbocycles. The molecule has 0 aromatic heterocycles. The van der Waals surface area contributed by atoms with E-state index in [0.717, 1.165) is 5.56 Å². The Morgan fingerprint density at radius 2 is 1.88 bits per heavy atom. The maximum atomic E-state index is 10.6. The summed E-state index contributed by atoms with van der Waals surface area (Å²) in [5, 5.41) is 15.2. The number of nitrogens with two attached hydrogens (primary N) is 1. The van der Waals surface area contributed by atoms with Crippen LogP contribution in [0, 0.1) is 10.1 Å². The smallest absolute Gasteiger partial charge is 0.258 e. The van der Waals surface area contributed by atoms with Crippen molar-refractivity contribution in [1.29, 1.82) is 0 Å². The Morgan fingerprint density at radius 1 is 1.29 bits per heavy atom. The zero-order valence-electron chi connectivity index (χ0n) is 9.00. The number of benzene rings is 1. The second-order valence-corrected chi connectivity index (χ2v) is 4.85. The van der Waals surface area contributed by atoms with E-state index in [-0.39, 0.29) is 12.2 Å². The Morgan fingerprint density at radius 3 is 2.35 bits per heavy atom. The van der Waals surface area contributed by atoms with E-state index >= 15 is 0 Å². The van der Waals surface area contributed by atoms with Gasteiger partial charge in [-0.05, 0) is 18.4 Å². The van der Waals surface area contributed by atoms with Crippen LogP contribution in [-0.2, 0) is 16.6 Å². The molecule has 0 fully saturated rings. The maximum absolute atomic E-state index is 10.6. The van der Waals surface area contributed by atoms with Crippen LogP contribution >= 0.6 is 0 Å². The minimum absolute atomic E-state index is 0.0383. The molecule has 0 bridgehead atoms. The van der Waals surface area contributed by atoms with Crippen LogP contribution in [0.2, 0.25) is 0 Å². The van der Waals surface area contributed by atoms with E-state index in [1.165, 1.54) is 12.1 Å². The first kappa shape index (κ1) is 13.6. The summed E-state index contributed by atoms with van der Waals surface area (Å²) in [6, 6.07) is 6.13. The summed E-state index contributed by atoms with van der Waals surface area (Å²) >= 11 is 0. The van der Waals surface area contributed by atoms with Crippen molar-refractivity contribution >= 4 is 15.9 Å². The number of hydrogen-bond acceptors (Lipinski definition) is 4. The second kappa shape index (κ2) is 5.71. The highest BCUT2D eigenvalue weighted by atomic mass is 32.2. The van der Waals surface area contributed by atoms with Crippen LogP contribution in [0.5, 0.6) is 0 Å². The Balaban J connectivity index is 2.40. The van der Waals surface area contributed by atoms with Crippen LogP contribution in [0.3, 0.4) is 0 Å². The molecule has 0 aliphatic rings. The first-order valence-corrected chi connectivity index (χ1v) is 6.44. The van der Waals surface area contributed by atoms with Gasteiger partial charge in [0.2, 0.25) is 0 Å². The lowest BCUT2D eigenvalue weighted by atomic mass is 10.1. The number of nitro groups is 1. The molecule has 0 radical (unpaired) electrons. The van der Waals surface area contributed by atoms with E-state index in [1.807, 2.05) is 0 Å². The Hall–Kier alpha value is -1.51. The quantitative estimate of drug-likeness (QED) is 0.434. The molecule has 0 spiro atoms. The molecule has 0 atom stereocenters. The fourth-order valence-electron chi connectivity index (χ4n) is 1.29. The minimum atomic E-state index is -3.64. The topological polar surface area (TPSA) is 115 Å². The van der Waals surface area contributed by atoms with Crippen molar-refractivity contribution in [3.05, 3.63) is 39.9 Å². The van der Waals surface area contributed by atoms with Crippen LogP contribution in [0.4, 0.5) is 5.69 Å². The van der Waals surface area contributed by atoms with E-state index in [4.69, 9.17) is 5.14 Å². The minimum Gasteiger partial charge on any atom is -0.258 e. The first-order valence-electron chi connectivity index (χ1n) is 4.89. The summed E-state index contributed by atoms with van der Waals surface area (Å²) in [7, 11) is -3.64. The molecule has 0 unspecified atom stereocenters. The van der Waals surface area contributed by atoms with Gasteiger partial charge in [0, 0.05) is 18.7 Å². The predicted molar refractivity (Wildman–Crippen MR) is 62.5 cm³/mol. The monoisotopic (exact) mass is 259 g/mol. The molecule has 1 rings (SSSR count). The first-order chi connectivity index (χ1) is 7.88. The van der Waals surface area contributed by atoms with E-state index in [0.29, 0.717) is 12.8 Å². The number of nitrogens with zero attached hydrogens (tertiary/aromatic N) is 1. The van der Waals surface area contributed by atoms with Crippen LogP contribution in [0.15, 0.2) is 24.3 Å². The maximum Gasteiger partial charge on any atom is 0.274 e. The average Bonchev–Trinajstić information content (AvgIpc) is 2.24. The Labute approximate surface area is 99.0 Å². The number of nitro benzene ring substituents is 1. The second-order valence-electron chi connectivity index (χ2n) is 3.47. The molecular formula is C9H13N3O4S. The molecule has 0 amide bonds. The van der Waals surface area contributed by atoms with Crippen LogP contribution in [-0.4, -0.2) is 19.9 Å². The van der Waals surface area contributed by atoms with Gasteiger partial charge in [-0.1, -0.05) is 12.1 Å². The molecule has 1 aromatic rings. The third-order valence-electron chi connectivity index (χ3n) is 2.09. The molecule has 7 nitrogen and oxygen atoms in total. The van der Waals surface area contributed by atoms with Gasteiger partial charge in [-0.3, -0.25) is 10.1 Å². The molecule has 8 heteroatoms. The number of non-ortho nitro benzene ring substituents is 1. The largest absolute Gasteiger partial charge is 0.274 e. The summed E-state index contributed by atoms with van der Waals surface area (Å²) in [5.41, 5.74) is 0.947. The van der Waals surface area contributed by atoms with Gasteiger partial charge in [0.1, 0.15) is 0 Å². The fourth-order valence-corrected chi connectivity index (χ4v) is 1.72. The highest BCUT2D eigenvalue weighted by molar-refractivity contribution is 7.87. The van der Waals surface area contributed by atoms with E-state index in [2.05, 4.69) is 4.72 Å². The third-order valence-corrected chi connectivity index (χ3v) is 2.70. The van der Waals surface area contributed by atoms with Crippen LogP contribution < -0.4 is 9.86 Å². The lowest BCUT2D eigenvalue weighted by Crippen LogP contribution is -2.31. The zero-order valence-corrected chi connectivity index (χ0v) is 9.81. The molecule has 0 heterocycles. The van der Waals surface area contributed by atoms with Crippen molar-refractivity contribution in [1.82, 2.24) is 4.72 Å². The molecule has 0 aliphatic heterocycles. The van der Waals surface area contributed by atoms with Gasteiger partial charge in [-0.15, -0.1) is 0 Å². The van der Waals surface area contributed by atoms with Gasteiger partial charge in [-0.2, -0.15) is 8.42 Å². The summed E-state index contributed by atoms with van der Waals surface area (Å²) in [4.78, 5) is 9.93. The van der Waals surface area contributed by atoms with Crippen LogP contribution in [0.1, 0.15) is 12.0 Å². The number of rotatable bonds is 6. The number of nitrogens with one attached hydrogen (secondary N) is 1. The highest BCUT2D eigenvalue weighted by Crippen LogP contribution is 2.12. The van der Waals surface area contributed by atoms with E-state index < -0.39 is 15.1 Å². The molecule has 0 aliphatic carbocycles. The van der Waals surface area contributed by atoms with Crippen molar-refractivity contribution in [3.8, 4) is 0 Å². The standard InChI is InChI=1S/C9H13N3O4S/c10-17(15,16)11-7-1-2-8-3-5-9(6-4-8)12(13)14/h3-6,11H,1-2,7H2,(H2,10,15,16). The summed E-state index contributed by atoms with van der Waals surface area (Å²) in [6.07, 6.45) is 1.20. The lowest BCUT2D eigenvalue weighted by Gasteiger charge is -2.02. The van der Waals surface area contributed by atoms with Gasteiger partial charge >= 0.3 is 0 Å². The van der Waals surface area contributed by atoms with Gasteiger partial charge < -0.3 is 0 Å². The summed E-state index contributed by atoms with van der Waals surface area (Å²) in [6.45, 7) is 0.246. The third kappa shape index (κ3) is 5.38. The Bertz CT molecular complexity index is 483. The SMILES string of the molecule is NS(=O)(=O)NCCCc1ccc([N+](=O)[O-])cc1. The van der Waals surface area contributed by atoms with Gasteiger partial charge in [0.15, 0.2) is 0 Å². The van der Waals surface area contributed by atoms with Crippen molar-refractivity contribution in [2.24, 2.45) is 5.14 Å². The molecular weight excluding hydrogens is 246 g/mol. The zero-order chi connectivity index (χ0) is 12.9. The molecule has 94 valence electrons. The molecule has 1 aromatic carbocycles. The number of hydrogen-bond donors (Lipinski definition) is 2. The van der Waals surface area contributed by atoms with Gasteiger partial charge in [0.25, 0.3) is 15.9 Å². The van der Waals surface area contributed by atoms with Crippen molar-refractivity contribution in [3.63, 3.8) is 0 Å². The highest BCUT2D eigenvalue weighted by Gasteiger charge is 2.04. The number of aryl methyl sites for hydroxylation is 1. The average molecular weight is 259 g/mol. The van der Waals surface area contributed by atoms with E-state index in [9.17, 15) is 18.5 Å². The van der Waals surface area contributed by atoms with Crippen LogP contribution in [0.25, 0.3) is 0 Å². The van der Waals surface area contributed by atoms with Crippen molar-refractivity contribution in [2.45, 2.75) is 12.8 Å².